The summed E-state index contributed by atoms with van der Waals surface area (Å²) in [6.07, 6.45) is 3.21. The van der Waals surface area contributed by atoms with Crippen LogP contribution in [0, 0.1) is 11.8 Å². The van der Waals surface area contributed by atoms with Crippen molar-refractivity contribution in [1.82, 2.24) is 0 Å². The normalized spacial score (nSPS) is 21.3. The summed E-state index contributed by atoms with van der Waals surface area (Å²) in [5.41, 5.74) is 2.43. The Hall–Kier alpha value is -3.41. The van der Waals surface area contributed by atoms with Crippen molar-refractivity contribution in [2.24, 2.45) is 11.8 Å². The number of allylic oxidation sites excluding steroid dienone is 2. The molecule has 0 unspecified atom stereocenters. The molecule has 2 aromatic carbocycles. The van der Waals surface area contributed by atoms with E-state index in [0.717, 1.165) is 5.57 Å². The Morgan fingerprint density at radius 1 is 1.07 bits per heavy atom. The van der Waals surface area contributed by atoms with Crippen molar-refractivity contribution in [2.75, 3.05) is 10.2 Å². The second kappa shape index (κ2) is 6.96. The number of fused-ring (bicyclic) bond motifs is 1. The van der Waals surface area contributed by atoms with Crippen LogP contribution in [-0.2, 0) is 9.59 Å². The Balaban J connectivity index is 1.57. The van der Waals surface area contributed by atoms with Crippen LogP contribution in [0.25, 0.3) is 0 Å². The van der Waals surface area contributed by atoms with E-state index < -0.39 is 0 Å². The van der Waals surface area contributed by atoms with Gasteiger partial charge in [0.1, 0.15) is 5.75 Å². The summed E-state index contributed by atoms with van der Waals surface area (Å²) in [6, 6.07) is 12.6. The number of hydrogen-bond donors (Lipinski definition) is 2. The fraction of sp³-hybridized carbons (Fsp3) is 0.227. The first-order valence-corrected chi connectivity index (χ1v) is 9.18. The Kier molecular flexibility index (Phi) is 4.47. The van der Waals surface area contributed by atoms with Gasteiger partial charge in [0.05, 0.1) is 17.5 Å². The van der Waals surface area contributed by atoms with Crippen LogP contribution < -0.4 is 10.2 Å². The zero-order valence-corrected chi connectivity index (χ0v) is 15.4. The fourth-order valence-electron chi connectivity index (χ4n) is 3.83. The summed E-state index contributed by atoms with van der Waals surface area (Å²) in [7, 11) is 0. The van der Waals surface area contributed by atoms with Gasteiger partial charge >= 0.3 is 0 Å². The summed E-state index contributed by atoms with van der Waals surface area (Å²) in [5.74, 6) is -1.27. The molecular formula is C22H20N2O4. The summed E-state index contributed by atoms with van der Waals surface area (Å²) in [5, 5.41) is 12.1. The average Bonchev–Trinajstić information content (AvgIpc) is 2.93. The van der Waals surface area contributed by atoms with E-state index in [2.05, 4.69) is 5.32 Å². The minimum absolute atomic E-state index is 0.109. The lowest BCUT2D eigenvalue weighted by atomic mass is 9.82. The molecule has 1 saturated heterocycles. The quantitative estimate of drug-likeness (QED) is 0.488. The van der Waals surface area contributed by atoms with E-state index in [0.29, 0.717) is 29.8 Å². The monoisotopic (exact) mass is 376 g/mol. The standard InChI is InChI=1S/C22H20N2O4/c1-13-5-10-18-19(11-13)22(28)24(21(18)27)16-4-2-3-14(12-16)20(26)23-15-6-8-17(25)9-7-15/h2-9,12,18-19,25H,10-11H2,1H3,(H,23,26)/t18-,19+/m1/s1. The molecule has 0 bridgehead atoms. The average molecular weight is 376 g/mol. The van der Waals surface area contributed by atoms with Crippen LogP contribution in [0.2, 0.25) is 0 Å². The summed E-state index contributed by atoms with van der Waals surface area (Å²) >= 11 is 0. The molecule has 1 heterocycles. The number of nitrogens with zero attached hydrogens (tertiary/aromatic N) is 1. The van der Waals surface area contributed by atoms with Gasteiger partial charge in [-0.1, -0.05) is 17.7 Å². The number of carbonyl (C=O) groups excluding carboxylic acids is 3. The first kappa shape index (κ1) is 18.0. The molecular weight excluding hydrogens is 356 g/mol. The molecule has 2 aliphatic rings. The van der Waals surface area contributed by atoms with E-state index >= 15 is 0 Å². The van der Waals surface area contributed by atoms with Crippen molar-refractivity contribution in [3.05, 3.63) is 65.7 Å². The number of aromatic hydroxyl groups is 1. The number of benzene rings is 2. The molecule has 0 aromatic heterocycles. The number of rotatable bonds is 3. The van der Waals surface area contributed by atoms with Crippen molar-refractivity contribution < 1.29 is 19.5 Å². The minimum atomic E-state index is -0.360. The van der Waals surface area contributed by atoms with Gasteiger partial charge in [0.2, 0.25) is 11.8 Å². The molecule has 6 heteroatoms. The lowest BCUT2D eigenvalue weighted by Gasteiger charge is -2.18. The summed E-state index contributed by atoms with van der Waals surface area (Å²) in [4.78, 5) is 39.4. The van der Waals surface area contributed by atoms with Gasteiger partial charge in [-0.05, 0) is 62.2 Å². The molecule has 0 spiro atoms. The highest BCUT2D eigenvalue weighted by Crippen LogP contribution is 2.39. The van der Waals surface area contributed by atoms with Gasteiger partial charge in [-0.25, -0.2) is 0 Å². The summed E-state index contributed by atoms with van der Waals surface area (Å²) in [6.45, 7) is 1.98. The molecule has 2 atom stereocenters. The van der Waals surface area contributed by atoms with Crippen molar-refractivity contribution in [1.29, 1.82) is 0 Å². The van der Waals surface area contributed by atoms with Crippen molar-refractivity contribution in [2.45, 2.75) is 19.8 Å². The van der Waals surface area contributed by atoms with Gasteiger partial charge in [0, 0.05) is 11.3 Å². The number of amides is 3. The Labute approximate surface area is 162 Å². The molecule has 6 nitrogen and oxygen atoms in total. The summed E-state index contributed by atoms with van der Waals surface area (Å²) < 4.78 is 0. The molecule has 1 aliphatic carbocycles. The minimum Gasteiger partial charge on any atom is -0.508 e. The Bertz CT molecular complexity index is 994. The molecule has 0 radical (unpaired) electrons. The van der Waals surface area contributed by atoms with E-state index in [9.17, 15) is 19.5 Å². The smallest absolute Gasteiger partial charge is 0.255 e. The lowest BCUT2D eigenvalue weighted by molar-refractivity contribution is -0.122. The second-order valence-electron chi connectivity index (χ2n) is 7.27. The number of carbonyl (C=O) groups is 3. The maximum atomic E-state index is 12.9. The van der Waals surface area contributed by atoms with E-state index in [1.54, 1.807) is 36.4 Å². The van der Waals surface area contributed by atoms with Crippen molar-refractivity contribution >= 4 is 29.1 Å². The van der Waals surface area contributed by atoms with Gasteiger partial charge in [0.25, 0.3) is 5.91 Å². The highest BCUT2D eigenvalue weighted by Gasteiger charge is 2.48. The Morgan fingerprint density at radius 2 is 1.79 bits per heavy atom. The third-order valence-corrected chi connectivity index (χ3v) is 5.31. The van der Waals surface area contributed by atoms with E-state index in [1.807, 2.05) is 13.0 Å². The van der Waals surface area contributed by atoms with Crippen molar-refractivity contribution in [3.63, 3.8) is 0 Å². The maximum absolute atomic E-state index is 12.9. The van der Waals surface area contributed by atoms with Crippen LogP contribution in [0.3, 0.4) is 0 Å². The molecule has 1 aliphatic heterocycles. The van der Waals surface area contributed by atoms with Gasteiger partial charge in [-0.3, -0.25) is 19.3 Å². The molecule has 2 aromatic rings. The molecule has 3 amide bonds. The van der Waals surface area contributed by atoms with Crippen LogP contribution >= 0.6 is 0 Å². The van der Waals surface area contributed by atoms with Gasteiger partial charge in [0.15, 0.2) is 0 Å². The van der Waals surface area contributed by atoms with E-state index in [4.69, 9.17) is 0 Å². The largest absolute Gasteiger partial charge is 0.508 e. The molecule has 28 heavy (non-hydrogen) atoms. The molecule has 142 valence electrons. The molecule has 0 saturated carbocycles. The third kappa shape index (κ3) is 3.17. The van der Waals surface area contributed by atoms with Crippen LogP contribution in [0.5, 0.6) is 5.75 Å². The highest BCUT2D eigenvalue weighted by molar-refractivity contribution is 6.22. The zero-order valence-electron chi connectivity index (χ0n) is 15.4. The second-order valence-corrected chi connectivity index (χ2v) is 7.27. The zero-order chi connectivity index (χ0) is 19.8. The molecule has 1 fully saturated rings. The first-order valence-electron chi connectivity index (χ1n) is 9.18. The van der Waals surface area contributed by atoms with Crippen LogP contribution in [0.4, 0.5) is 11.4 Å². The number of phenolic OH excluding ortho intramolecular Hbond substituents is 1. The van der Waals surface area contributed by atoms with E-state index in [1.165, 1.54) is 17.0 Å². The number of imide groups is 1. The van der Waals surface area contributed by atoms with E-state index in [-0.39, 0.29) is 35.3 Å². The fourth-order valence-corrected chi connectivity index (χ4v) is 3.83. The van der Waals surface area contributed by atoms with Crippen LogP contribution in [-0.4, -0.2) is 22.8 Å². The van der Waals surface area contributed by atoms with Gasteiger partial charge in [-0.15, -0.1) is 0 Å². The first-order chi connectivity index (χ1) is 13.4. The Morgan fingerprint density at radius 3 is 2.54 bits per heavy atom. The predicted molar refractivity (Wildman–Crippen MR) is 105 cm³/mol. The third-order valence-electron chi connectivity index (χ3n) is 5.31. The van der Waals surface area contributed by atoms with Crippen molar-refractivity contribution in [3.8, 4) is 5.75 Å². The SMILES string of the molecule is CC1=CC[C@H]2C(=O)N(c3cccc(C(=O)Nc4ccc(O)cc4)c3)C(=O)[C@H]2C1. The van der Waals surface area contributed by atoms with Gasteiger partial charge < -0.3 is 10.4 Å². The maximum Gasteiger partial charge on any atom is 0.255 e. The van der Waals surface area contributed by atoms with Crippen LogP contribution in [0.1, 0.15) is 30.1 Å². The molecule has 4 rings (SSSR count). The number of hydrogen-bond acceptors (Lipinski definition) is 4. The predicted octanol–water partition coefficient (Wildman–Crippen LogP) is 3.49. The number of nitrogens with one attached hydrogen (secondary N) is 1. The topological polar surface area (TPSA) is 86.7 Å². The number of phenols is 1. The molecule has 2 N–H and O–H groups in total. The lowest BCUT2D eigenvalue weighted by Crippen LogP contribution is -2.31. The van der Waals surface area contributed by atoms with Crippen LogP contribution in [0.15, 0.2) is 60.2 Å². The van der Waals surface area contributed by atoms with Gasteiger partial charge in [-0.2, -0.15) is 0 Å². The highest BCUT2D eigenvalue weighted by atomic mass is 16.3. The number of anilines is 2.